The molecule has 1 aromatic carbocycles. The molecular formula is C15H18F6O2. The van der Waals surface area contributed by atoms with E-state index >= 15 is 0 Å². The van der Waals surface area contributed by atoms with Gasteiger partial charge in [-0.05, 0) is 17.4 Å². The summed E-state index contributed by atoms with van der Waals surface area (Å²) in [5, 5.41) is 19.1. The molecular weight excluding hydrogens is 326 g/mol. The first-order chi connectivity index (χ1) is 10.3. The van der Waals surface area contributed by atoms with E-state index in [1.54, 1.807) is 30.3 Å². The predicted molar refractivity (Wildman–Crippen MR) is 71.5 cm³/mol. The molecule has 1 aromatic rings. The van der Waals surface area contributed by atoms with Crippen molar-refractivity contribution in [1.82, 2.24) is 0 Å². The van der Waals surface area contributed by atoms with E-state index in [2.05, 4.69) is 0 Å². The molecule has 0 bridgehead atoms. The van der Waals surface area contributed by atoms with E-state index in [9.17, 15) is 31.4 Å². The van der Waals surface area contributed by atoms with E-state index in [1.807, 2.05) is 0 Å². The van der Waals surface area contributed by atoms with Crippen LogP contribution in [-0.2, 0) is 6.42 Å². The molecule has 0 spiro atoms. The standard InChI is InChI=1S/C15H18F6O2/c1-13(2,8-9-6-4-3-5-7-9)11(22)10(14(16,17)18)12(23)15(19,20)21/h3-7,10-12,22-23H,8H2,1-2H3. The SMILES string of the molecule is CC(C)(Cc1ccccc1)C(O)C(C(O)C(F)(F)F)C(F)(F)F. The lowest BCUT2D eigenvalue weighted by atomic mass is 9.73. The van der Waals surface area contributed by atoms with Crippen molar-refractivity contribution in [3.05, 3.63) is 35.9 Å². The summed E-state index contributed by atoms with van der Waals surface area (Å²) in [5.41, 5.74) is -0.965. The van der Waals surface area contributed by atoms with Gasteiger partial charge >= 0.3 is 12.4 Å². The van der Waals surface area contributed by atoms with E-state index < -0.39 is 35.9 Å². The van der Waals surface area contributed by atoms with Gasteiger partial charge in [-0.2, -0.15) is 26.3 Å². The molecule has 1 rings (SSSR count). The summed E-state index contributed by atoms with van der Waals surface area (Å²) in [6.45, 7) is 2.46. The third-order valence-electron chi connectivity index (χ3n) is 3.70. The predicted octanol–water partition coefficient (Wildman–Crippen LogP) is 3.72. The van der Waals surface area contributed by atoms with E-state index in [4.69, 9.17) is 5.11 Å². The summed E-state index contributed by atoms with van der Waals surface area (Å²) in [6, 6.07) is 8.13. The minimum absolute atomic E-state index is 0.0772. The van der Waals surface area contributed by atoms with Gasteiger partial charge in [0.05, 0.1) is 6.10 Å². The molecule has 132 valence electrons. The minimum Gasteiger partial charge on any atom is -0.392 e. The summed E-state index contributed by atoms with van der Waals surface area (Å²) in [6.07, 6.45) is -17.1. The third kappa shape index (κ3) is 5.10. The van der Waals surface area contributed by atoms with Gasteiger partial charge in [0.1, 0.15) is 5.92 Å². The van der Waals surface area contributed by atoms with Crippen LogP contribution in [0.5, 0.6) is 0 Å². The molecule has 0 amide bonds. The third-order valence-corrected chi connectivity index (χ3v) is 3.70. The van der Waals surface area contributed by atoms with Gasteiger partial charge in [0, 0.05) is 0 Å². The molecule has 0 aliphatic heterocycles. The number of hydrogen-bond acceptors (Lipinski definition) is 2. The van der Waals surface area contributed by atoms with E-state index in [0.717, 1.165) is 0 Å². The van der Waals surface area contributed by atoms with Gasteiger partial charge in [-0.1, -0.05) is 44.2 Å². The normalized spacial score (nSPS) is 17.7. The Bertz CT molecular complexity index is 495. The average Bonchev–Trinajstić information content (AvgIpc) is 2.36. The number of benzene rings is 1. The summed E-state index contributed by atoms with van der Waals surface area (Å²) in [4.78, 5) is 0. The maximum absolute atomic E-state index is 13.0. The Balaban J connectivity index is 3.10. The van der Waals surface area contributed by atoms with Gasteiger partial charge in [0.25, 0.3) is 0 Å². The fourth-order valence-corrected chi connectivity index (χ4v) is 2.45. The minimum atomic E-state index is -5.48. The number of aliphatic hydroxyl groups excluding tert-OH is 2. The molecule has 0 radical (unpaired) electrons. The van der Waals surface area contributed by atoms with Crippen molar-refractivity contribution in [2.24, 2.45) is 11.3 Å². The van der Waals surface area contributed by atoms with Crippen LogP contribution in [-0.4, -0.2) is 34.8 Å². The number of hydrogen-bond donors (Lipinski definition) is 2. The second kappa shape index (κ2) is 6.68. The second-order valence-electron chi connectivity index (χ2n) is 6.15. The van der Waals surface area contributed by atoms with E-state index in [-0.39, 0.29) is 6.42 Å². The van der Waals surface area contributed by atoms with Crippen LogP contribution in [0.4, 0.5) is 26.3 Å². The van der Waals surface area contributed by atoms with Gasteiger partial charge < -0.3 is 10.2 Å². The maximum Gasteiger partial charge on any atom is 0.415 e. The zero-order valence-corrected chi connectivity index (χ0v) is 12.5. The largest absolute Gasteiger partial charge is 0.415 e. The summed E-state index contributed by atoms with van der Waals surface area (Å²) < 4.78 is 76.6. The molecule has 23 heavy (non-hydrogen) atoms. The molecule has 8 heteroatoms. The molecule has 0 aromatic heterocycles. The zero-order valence-electron chi connectivity index (χ0n) is 12.5. The first-order valence-electron chi connectivity index (χ1n) is 6.80. The summed E-state index contributed by atoms with van der Waals surface area (Å²) in [7, 11) is 0. The monoisotopic (exact) mass is 344 g/mol. The first-order valence-corrected chi connectivity index (χ1v) is 6.80. The van der Waals surface area contributed by atoms with Crippen LogP contribution in [0.15, 0.2) is 30.3 Å². The average molecular weight is 344 g/mol. The van der Waals surface area contributed by atoms with Gasteiger partial charge in [-0.3, -0.25) is 0 Å². The molecule has 0 saturated carbocycles. The van der Waals surface area contributed by atoms with Crippen LogP contribution in [0.1, 0.15) is 19.4 Å². The molecule has 0 fully saturated rings. The maximum atomic E-state index is 13.0. The molecule has 3 atom stereocenters. The van der Waals surface area contributed by atoms with Gasteiger partial charge in [0.2, 0.25) is 0 Å². The lowest BCUT2D eigenvalue weighted by Crippen LogP contribution is -2.54. The molecule has 2 N–H and O–H groups in total. The quantitative estimate of drug-likeness (QED) is 0.800. The van der Waals surface area contributed by atoms with Crippen LogP contribution >= 0.6 is 0 Å². The highest BCUT2D eigenvalue weighted by Crippen LogP contribution is 2.43. The number of halogens is 6. The Morgan fingerprint density at radius 1 is 0.826 bits per heavy atom. The fraction of sp³-hybridized carbons (Fsp3) is 0.600. The van der Waals surface area contributed by atoms with Crippen LogP contribution in [0.2, 0.25) is 0 Å². The molecule has 0 aliphatic carbocycles. The van der Waals surface area contributed by atoms with Crippen molar-refractivity contribution in [3.8, 4) is 0 Å². The van der Waals surface area contributed by atoms with Crippen LogP contribution in [0.3, 0.4) is 0 Å². The Labute approximate surface area is 129 Å². The van der Waals surface area contributed by atoms with Crippen molar-refractivity contribution in [1.29, 1.82) is 0 Å². The van der Waals surface area contributed by atoms with Crippen molar-refractivity contribution >= 4 is 0 Å². The highest BCUT2D eigenvalue weighted by Gasteiger charge is 2.59. The van der Waals surface area contributed by atoms with Crippen molar-refractivity contribution in [3.63, 3.8) is 0 Å². The van der Waals surface area contributed by atoms with Crippen LogP contribution < -0.4 is 0 Å². The summed E-state index contributed by atoms with van der Waals surface area (Å²) in [5.74, 6) is -3.32. The van der Waals surface area contributed by atoms with Gasteiger partial charge in [-0.25, -0.2) is 0 Å². The second-order valence-corrected chi connectivity index (χ2v) is 6.15. The number of rotatable bonds is 5. The smallest absolute Gasteiger partial charge is 0.392 e. The lowest BCUT2D eigenvalue weighted by Gasteiger charge is -2.39. The highest BCUT2D eigenvalue weighted by atomic mass is 19.4. The van der Waals surface area contributed by atoms with E-state index in [1.165, 1.54) is 13.8 Å². The fourth-order valence-electron chi connectivity index (χ4n) is 2.45. The Hall–Kier alpha value is -1.28. The molecule has 0 saturated heterocycles. The lowest BCUT2D eigenvalue weighted by molar-refractivity contribution is -0.299. The molecule has 0 aliphatic rings. The highest BCUT2D eigenvalue weighted by molar-refractivity contribution is 5.17. The Morgan fingerprint density at radius 3 is 1.70 bits per heavy atom. The Kier molecular flexibility index (Phi) is 5.74. The van der Waals surface area contributed by atoms with E-state index in [0.29, 0.717) is 5.56 Å². The Morgan fingerprint density at radius 2 is 1.30 bits per heavy atom. The van der Waals surface area contributed by atoms with Crippen LogP contribution in [0.25, 0.3) is 0 Å². The molecule has 0 heterocycles. The number of alkyl halides is 6. The summed E-state index contributed by atoms with van der Waals surface area (Å²) >= 11 is 0. The van der Waals surface area contributed by atoms with Crippen molar-refractivity contribution < 1.29 is 36.6 Å². The van der Waals surface area contributed by atoms with Crippen LogP contribution in [0, 0.1) is 11.3 Å². The van der Waals surface area contributed by atoms with Crippen molar-refractivity contribution in [2.75, 3.05) is 0 Å². The topological polar surface area (TPSA) is 40.5 Å². The number of aliphatic hydroxyl groups is 2. The zero-order chi connectivity index (χ0) is 18.1. The van der Waals surface area contributed by atoms with Gasteiger partial charge in [0.15, 0.2) is 6.10 Å². The molecule has 3 unspecified atom stereocenters. The van der Waals surface area contributed by atoms with Gasteiger partial charge in [-0.15, -0.1) is 0 Å². The van der Waals surface area contributed by atoms with Crippen molar-refractivity contribution in [2.45, 2.75) is 44.8 Å². The molecule has 2 nitrogen and oxygen atoms in total. The first kappa shape index (κ1) is 19.8.